The fourth-order valence-electron chi connectivity index (χ4n) is 3.03. The summed E-state index contributed by atoms with van der Waals surface area (Å²) in [5.74, 6) is 1.86. The molecule has 0 aliphatic heterocycles. The molecule has 0 saturated heterocycles. The van der Waals surface area contributed by atoms with E-state index in [-0.39, 0.29) is 0 Å². The first-order valence-electron chi connectivity index (χ1n) is 7.86. The average Bonchev–Trinajstić information content (AvgIpc) is 2.43. The molecule has 0 aromatic heterocycles. The Bertz CT molecular complexity index is 301. The van der Waals surface area contributed by atoms with Crippen molar-refractivity contribution in [1.29, 1.82) is 0 Å². The lowest BCUT2D eigenvalue weighted by Crippen LogP contribution is -2.13. The minimum Gasteiger partial charge on any atom is -0.0683 e. The van der Waals surface area contributed by atoms with Gasteiger partial charge in [0.05, 0.1) is 0 Å². The molecule has 102 valence electrons. The van der Waals surface area contributed by atoms with Crippen molar-refractivity contribution < 1.29 is 0 Å². The summed E-state index contributed by atoms with van der Waals surface area (Å²) in [5, 5.41) is 0. The molecule has 2 rings (SSSR count). The summed E-state index contributed by atoms with van der Waals surface area (Å²) in [6.07, 6.45) is 8.53. The topological polar surface area (TPSA) is 0 Å². The second kappa shape index (κ2) is 8.34. The Labute approximate surface area is 114 Å². The number of hydrogen-bond donors (Lipinski definition) is 0. The summed E-state index contributed by atoms with van der Waals surface area (Å²) < 4.78 is 0. The molecule has 18 heavy (non-hydrogen) atoms. The Kier molecular flexibility index (Phi) is 7.08. The number of aryl methyl sites for hydroxylation is 1. The molecule has 1 fully saturated rings. The first-order valence-corrected chi connectivity index (χ1v) is 7.86. The second-order valence-corrected chi connectivity index (χ2v) is 5.42. The monoisotopic (exact) mass is 246 g/mol. The molecule has 0 spiro atoms. The van der Waals surface area contributed by atoms with Crippen LogP contribution in [-0.2, 0) is 0 Å². The highest BCUT2D eigenvalue weighted by Gasteiger charge is 2.21. The van der Waals surface area contributed by atoms with Gasteiger partial charge < -0.3 is 0 Å². The minimum atomic E-state index is 0.841. The number of benzene rings is 1. The molecule has 0 atom stereocenters. The highest BCUT2D eigenvalue weighted by atomic mass is 14.3. The van der Waals surface area contributed by atoms with E-state index in [0.717, 1.165) is 11.8 Å². The molecular formula is C18H30. The molecule has 0 heterocycles. The smallest absolute Gasteiger partial charge is 0.0162 e. The van der Waals surface area contributed by atoms with Crippen molar-refractivity contribution in [3.8, 4) is 0 Å². The Hall–Kier alpha value is -0.780. The predicted octanol–water partition coefficient (Wildman–Crippen LogP) is 6.10. The lowest BCUT2D eigenvalue weighted by atomic mass is 9.77. The van der Waals surface area contributed by atoms with Gasteiger partial charge in [0.15, 0.2) is 0 Å². The molecule has 0 heteroatoms. The quantitative estimate of drug-likeness (QED) is 0.605. The molecule has 0 bridgehead atoms. The highest BCUT2D eigenvalue weighted by molar-refractivity contribution is 5.24. The first kappa shape index (κ1) is 15.3. The van der Waals surface area contributed by atoms with E-state index in [1.807, 2.05) is 13.8 Å². The zero-order valence-corrected chi connectivity index (χ0v) is 12.7. The Morgan fingerprint density at radius 2 is 1.50 bits per heavy atom. The van der Waals surface area contributed by atoms with Crippen molar-refractivity contribution in [3.63, 3.8) is 0 Å². The van der Waals surface area contributed by atoms with Gasteiger partial charge in [0.1, 0.15) is 0 Å². The van der Waals surface area contributed by atoms with Crippen LogP contribution in [0.2, 0.25) is 0 Å². The van der Waals surface area contributed by atoms with Gasteiger partial charge in [-0.05, 0) is 50.0 Å². The molecule has 1 aliphatic carbocycles. The van der Waals surface area contributed by atoms with Crippen LogP contribution >= 0.6 is 0 Å². The summed E-state index contributed by atoms with van der Waals surface area (Å²) in [4.78, 5) is 0. The lowest BCUT2D eigenvalue weighted by molar-refractivity contribution is 0.308. The van der Waals surface area contributed by atoms with Crippen LogP contribution in [0, 0.1) is 12.8 Å². The third kappa shape index (κ3) is 4.48. The molecule has 1 aromatic carbocycles. The molecule has 0 N–H and O–H groups in total. The highest BCUT2D eigenvalue weighted by Crippen LogP contribution is 2.37. The Morgan fingerprint density at radius 1 is 0.944 bits per heavy atom. The fourth-order valence-corrected chi connectivity index (χ4v) is 3.03. The van der Waals surface area contributed by atoms with Gasteiger partial charge in [-0.25, -0.2) is 0 Å². The van der Waals surface area contributed by atoms with Crippen LogP contribution in [0.4, 0.5) is 0 Å². The first-order chi connectivity index (χ1) is 8.79. The van der Waals surface area contributed by atoms with Crippen LogP contribution in [-0.4, -0.2) is 0 Å². The van der Waals surface area contributed by atoms with Crippen molar-refractivity contribution in [1.82, 2.24) is 0 Å². The SMILES string of the molecule is CC.CCCC1CCC(c2ccc(C)cc2)CC1. The van der Waals surface area contributed by atoms with E-state index >= 15 is 0 Å². The molecule has 0 unspecified atom stereocenters. The normalized spacial score (nSPS) is 23.1. The van der Waals surface area contributed by atoms with Crippen LogP contribution in [0.15, 0.2) is 24.3 Å². The van der Waals surface area contributed by atoms with Crippen molar-refractivity contribution in [2.75, 3.05) is 0 Å². The second-order valence-electron chi connectivity index (χ2n) is 5.42. The van der Waals surface area contributed by atoms with E-state index in [4.69, 9.17) is 0 Å². The predicted molar refractivity (Wildman–Crippen MR) is 82.1 cm³/mol. The lowest BCUT2D eigenvalue weighted by Gasteiger charge is -2.28. The molecular weight excluding hydrogens is 216 g/mol. The fraction of sp³-hybridized carbons (Fsp3) is 0.667. The van der Waals surface area contributed by atoms with Crippen LogP contribution in [0.1, 0.15) is 76.3 Å². The molecule has 0 radical (unpaired) electrons. The van der Waals surface area contributed by atoms with Gasteiger partial charge >= 0.3 is 0 Å². The molecule has 1 aliphatic rings. The van der Waals surface area contributed by atoms with Gasteiger partial charge in [-0.3, -0.25) is 0 Å². The largest absolute Gasteiger partial charge is 0.0683 e. The Morgan fingerprint density at radius 3 is 2.00 bits per heavy atom. The van der Waals surface area contributed by atoms with Gasteiger partial charge in [0.2, 0.25) is 0 Å². The van der Waals surface area contributed by atoms with Crippen molar-refractivity contribution in [2.24, 2.45) is 5.92 Å². The van der Waals surface area contributed by atoms with E-state index in [2.05, 4.69) is 38.1 Å². The van der Waals surface area contributed by atoms with E-state index in [1.165, 1.54) is 44.1 Å². The van der Waals surface area contributed by atoms with E-state index in [0.29, 0.717) is 0 Å². The zero-order valence-electron chi connectivity index (χ0n) is 12.7. The molecule has 0 amide bonds. The molecule has 1 aromatic rings. The van der Waals surface area contributed by atoms with Gasteiger partial charge in [0.25, 0.3) is 0 Å². The number of rotatable bonds is 3. The van der Waals surface area contributed by atoms with Crippen LogP contribution < -0.4 is 0 Å². The molecule has 1 saturated carbocycles. The van der Waals surface area contributed by atoms with Crippen molar-refractivity contribution in [3.05, 3.63) is 35.4 Å². The standard InChI is InChI=1S/C16H24.C2H6/c1-3-4-14-7-11-16(12-8-14)15-9-5-13(2)6-10-15;1-2/h5-6,9-10,14,16H,3-4,7-8,11-12H2,1-2H3;1-2H3. The third-order valence-electron chi connectivity index (χ3n) is 4.09. The van der Waals surface area contributed by atoms with E-state index < -0.39 is 0 Å². The maximum absolute atomic E-state index is 2.33. The number of hydrogen-bond acceptors (Lipinski definition) is 0. The van der Waals surface area contributed by atoms with Crippen LogP contribution in [0.5, 0.6) is 0 Å². The van der Waals surface area contributed by atoms with Crippen molar-refractivity contribution >= 4 is 0 Å². The summed E-state index contributed by atoms with van der Waals surface area (Å²) in [5.41, 5.74) is 2.95. The van der Waals surface area contributed by atoms with Gasteiger partial charge in [-0.1, -0.05) is 63.4 Å². The van der Waals surface area contributed by atoms with E-state index in [1.54, 1.807) is 5.56 Å². The van der Waals surface area contributed by atoms with Gasteiger partial charge in [-0.2, -0.15) is 0 Å². The summed E-state index contributed by atoms with van der Waals surface area (Å²) in [6, 6.07) is 9.18. The zero-order chi connectivity index (χ0) is 13.4. The van der Waals surface area contributed by atoms with Crippen molar-refractivity contribution in [2.45, 2.75) is 72.1 Å². The maximum atomic E-state index is 2.33. The average molecular weight is 246 g/mol. The summed E-state index contributed by atoms with van der Waals surface area (Å²) in [6.45, 7) is 8.48. The molecule has 0 nitrogen and oxygen atoms in total. The minimum absolute atomic E-state index is 0.841. The summed E-state index contributed by atoms with van der Waals surface area (Å²) in [7, 11) is 0. The third-order valence-corrected chi connectivity index (χ3v) is 4.09. The summed E-state index contributed by atoms with van der Waals surface area (Å²) >= 11 is 0. The van der Waals surface area contributed by atoms with Crippen LogP contribution in [0.25, 0.3) is 0 Å². The van der Waals surface area contributed by atoms with Gasteiger partial charge in [0, 0.05) is 0 Å². The Balaban J connectivity index is 0.000000771. The van der Waals surface area contributed by atoms with Crippen LogP contribution in [0.3, 0.4) is 0 Å². The maximum Gasteiger partial charge on any atom is -0.0162 e. The van der Waals surface area contributed by atoms with Gasteiger partial charge in [-0.15, -0.1) is 0 Å². The van der Waals surface area contributed by atoms with E-state index in [9.17, 15) is 0 Å².